The van der Waals surface area contributed by atoms with Crippen LogP contribution in [0.2, 0.25) is 5.15 Å². The lowest BCUT2D eigenvalue weighted by Gasteiger charge is -2.08. The van der Waals surface area contributed by atoms with Crippen molar-refractivity contribution in [1.82, 2.24) is 14.5 Å². The van der Waals surface area contributed by atoms with Crippen LogP contribution in [0.3, 0.4) is 0 Å². The largest absolute Gasteiger partial charge is 0.360 e. The Kier molecular flexibility index (Phi) is 3.39. The van der Waals surface area contributed by atoms with Crippen molar-refractivity contribution in [3.63, 3.8) is 0 Å². The van der Waals surface area contributed by atoms with Crippen molar-refractivity contribution in [2.24, 2.45) is 0 Å². The molecule has 4 aromatic rings. The van der Waals surface area contributed by atoms with E-state index in [0.29, 0.717) is 11.7 Å². The molecule has 0 aliphatic heterocycles. The molecule has 0 aliphatic rings. The molecule has 5 heteroatoms. The molecule has 114 valence electrons. The summed E-state index contributed by atoms with van der Waals surface area (Å²) in [5.41, 5.74) is 3.71. The first-order chi connectivity index (χ1) is 11.2. The zero-order valence-corrected chi connectivity index (χ0v) is 12.9. The molecular weight excluding hydrogens is 313 g/mol. The molecule has 2 aromatic carbocycles. The first-order valence-electron chi connectivity index (χ1n) is 7.24. The fourth-order valence-corrected chi connectivity index (χ4v) is 3.10. The van der Waals surface area contributed by atoms with E-state index in [2.05, 4.69) is 9.97 Å². The second kappa shape index (κ2) is 5.56. The topological polar surface area (TPSA) is 33.6 Å². The number of para-hydroxylation sites is 1. The normalized spacial score (nSPS) is 11.2. The predicted molar refractivity (Wildman–Crippen MR) is 90.0 cm³/mol. The maximum absolute atomic E-state index is 13.4. The number of imidazole rings is 1. The summed E-state index contributed by atoms with van der Waals surface area (Å²) < 4.78 is 15.3. The number of benzene rings is 2. The first-order valence-corrected chi connectivity index (χ1v) is 7.62. The molecule has 0 saturated heterocycles. The van der Waals surface area contributed by atoms with Gasteiger partial charge in [-0.2, -0.15) is 0 Å². The molecule has 0 saturated carbocycles. The minimum absolute atomic E-state index is 0.248. The van der Waals surface area contributed by atoms with E-state index in [-0.39, 0.29) is 5.82 Å². The Morgan fingerprint density at radius 2 is 2.00 bits per heavy atom. The minimum Gasteiger partial charge on any atom is -0.360 e. The molecule has 1 N–H and O–H groups in total. The molecule has 3 nitrogen and oxygen atoms in total. The summed E-state index contributed by atoms with van der Waals surface area (Å²) in [5, 5.41) is 1.52. The van der Waals surface area contributed by atoms with Gasteiger partial charge in [0.15, 0.2) is 5.15 Å². The maximum atomic E-state index is 13.4. The van der Waals surface area contributed by atoms with E-state index in [1.807, 2.05) is 41.1 Å². The van der Waals surface area contributed by atoms with Gasteiger partial charge in [-0.1, -0.05) is 41.9 Å². The Hall–Kier alpha value is -2.59. The summed E-state index contributed by atoms with van der Waals surface area (Å²) in [7, 11) is 0. The summed E-state index contributed by atoms with van der Waals surface area (Å²) in [5.74, 6) is -0.248. The van der Waals surface area contributed by atoms with E-state index in [1.54, 1.807) is 12.4 Å². The van der Waals surface area contributed by atoms with Crippen molar-refractivity contribution in [2.45, 2.75) is 6.54 Å². The smallest absolute Gasteiger partial charge is 0.155 e. The number of fused-ring (bicyclic) bond motifs is 1. The molecule has 0 amide bonds. The Morgan fingerprint density at radius 3 is 2.87 bits per heavy atom. The molecular formula is C18H13ClFN3. The van der Waals surface area contributed by atoms with Gasteiger partial charge >= 0.3 is 0 Å². The van der Waals surface area contributed by atoms with Gasteiger partial charge in [-0.25, -0.2) is 9.37 Å². The van der Waals surface area contributed by atoms with Crippen molar-refractivity contribution in [2.75, 3.05) is 0 Å². The average Bonchev–Trinajstić information content (AvgIpc) is 3.11. The van der Waals surface area contributed by atoms with Gasteiger partial charge in [0.25, 0.3) is 0 Å². The number of nitrogens with zero attached hydrogens (tertiary/aromatic N) is 2. The van der Waals surface area contributed by atoms with Gasteiger partial charge in [0.2, 0.25) is 0 Å². The van der Waals surface area contributed by atoms with Crippen LogP contribution in [-0.4, -0.2) is 14.5 Å². The van der Waals surface area contributed by atoms with Crippen molar-refractivity contribution in [3.8, 4) is 11.3 Å². The first kappa shape index (κ1) is 14.0. The number of aromatic nitrogens is 3. The Bertz CT molecular complexity index is 987. The van der Waals surface area contributed by atoms with Gasteiger partial charge in [0.05, 0.1) is 12.0 Å². The highest BCUT2D eigenvalue weighted by molar-refractivity contribution is 6.32. The highest BCUT2D eigenvalue weighted by Gasteiger charge is 2.15. The Balaban J connectivity index is 1.82. The third-order valence-electron chi connectivity index (χ3n) is 3.88. The highest BCUT2D eigenvalue weighted by atomic mass is 35.5. The Morgan fingerprint density at radius 1 is 1.13 bits per heavy atom. The molecule has 0 fully saturated rings. The van der Waals surface area contributed by atoms with Crippen molar-refractivity contribution < 1.29 is 4.39 Å². The maximum Gasteiger partial charge on any atom is 0.155 e. The van der Waals surface area contributed by atoms with Crippen LogP contribution in [0.15, 0.2) is 61.1 Å². The lowest BCUT2D eigenvalue weighted by molar-refractivity contribution is 0.623. The van der Waals surface area contributed by atoms with Gasteiger partial charge in [-0.3, -0.25) is 0 Å². The molecule has 0 spiro atoms. The van der Waals surface area contributed by atoms with Crippen LogP contribution >= 0.6 is 11.6 Å². The summed E-state index contributed by atoms with van der Waals surface area (Å²) >= 11 is 6.31. The fraction of sp³-hybridized carbons (Fsp3) is 0.0556. The molecule has 0 aliphatic carbocycles. The number of hydrogen-bond acceptors (Lipinski definition) is 1. The standard InChI is InChI=1S/C18H13ClFN3/c19-18-17(15-9-21-16-7-2-1-6-14(15)16)23(11-22-18)10-12-4-3-5-13(20)8-12/h1-9,11,21H,10H2. The monoisotopic (exact) mass is 325 g/mol. The van der Waals surface area contributed by atoms with Gasteiger partial charge in [0, 0.05) is 29.2 Å². The second-order valence-corrected chi connectivity index (χ2v) is 5.75. The van der Waals surface area contributed by atoms with E-state index < -0.39 is 0 Å². The van der Waals surface area contributed by atoms with Crippen molar-refractivity contribution >= 4 is 22.5 Å². The third kappa shape index (κ3) is 2.51. The van der Waals surface area contributed by atoms with Crippen LogP contribution in [-0.2, 0) is 6.54 Å². The summed E-state index contributed by atoms with van der Waals surface area (Å²) in [6, 6.07) is 14.6. The van der Waals surface area contributed by atoms with Crippen molar-refractivity contribution in [1.29, 1.82) is 0 Å². The molecule has 0 bridgehead atoms. The number of halogens is 2. The van der Waals surface area contributed by atoms with Gasteiger partial charge in [-0.05, 0) is 23.8 Å². The zero-order valence-electron chi connectivity index (χ0n) is 12.1. The van der Waals surface area contributed by atoms with E-state index in [9.17, 15) is 4.39 Å². The van der Waals surface area contributed by atoms with Gasteiger partial charge in [0.1, 0.15) is 5.82 Å². The number of hydrogen-bond donors (Lipinski definition) is 1. The molecule has 2 aromatic heterocycles. The third-order valence-corrected chi connectivity index (χ3v) is 4.16. The van der Waals surface area contributed by atoms with E-state index in [0.717, 1.165) is 27.7 Å². The lowest BCUT2D eigenvalue weighted by Crippen LogP contribution is -2.00. The van der Waals surface area contributed by atoms with Gasteiger partial charge in [-0.15, -0.1) is 0 Å². The average molecular weight is 326 g/mol. The number of nitrogens with one attached hydrogen (secondary N) is 1. The van der Waals surface area contributed by atoms with Crippen molar-refractivity contribution in [3.05, 3.63) is 77.6 Å². The molecule has 2 heterocycles. The predicted octanol–water partition coefficient (Wildman–Crippen LogP) is 4.87. The number of aromatic amines is 1. The zero-order chi connectivity index (χ0) is 15.8. The van der Waals surface area contributed by atoms with E-state index in [1.165, 1.54) is 12.1 Å². The SMILES string of the molecule is Fc1cccc(Cn2cnc(Cl)c2-c2c[nH]c3ccccc23)c1. The highest BCUT2D eigenvalue weighted by Crippen LogP contribution is 2.33. The molecule has 0 radical (unpaired) electrons. The van der Waals surface area contributed by atoms with Crippen LogP contribution < -0.4 is 0 Å². The quantitative estimate of drug-likeness (QED) is 0.572. The van der Waals surface area contributed by atoms with Crippen LogP contribution in [0.25, 0.3) is 22.2 Å². The summed E-state index contributed by atoms with van der Waals surface area (Å²) in [6.45, 7) is 0.506. The summed E-state index contributed by atoms with van der Waals surface area (Å²) in [4.78, 5) is 7.46. The Labute approximate surface area is 137 Å². The molecule has 4 rings (SSSR count). The van der Waals surface area contributed by atoms with E-state index in [4.69, 9.17) is 11.6 Å². The van der Waals surface area contributed by atoms with Crippen LogP contribution in [0, 0.1) is 5.82 Å². The van der Waals surface area contributed by atoms with Crippen LogP contribution in [0.5, 0.6) is 0 Å². The lowest BCUT2D eigenvalue weighted by atomic mass is 10.1. The molecule has 23 heavy (non-hydrogen) atoms. The van der Waals surface area contributed by atoms with Crippen LogP contribution in [0.1, 0.15) is 5.56 Å². The van der Waals surface area contributed by atoms with E-state index >= 15 is 0 Å². The molecule has 0 atom stereocenters. The number of H-pyrrole nitrogens is 1. The molecule has 0 unspecified atom stereocenters. The fourth-order valence-electron chi connectivity index (χ4n) is 2.84. The van der Waals surface area contributed by atoms with Gasteiger partial charge < -0.3 is 9.55 Å². The number of rotatable bonds is 3. The van der Waals surface area contributed by atoms with Crippen LogP contribution in [0.4, 0.5) is 4.39 Å². The minimum atomic E-state index is -0.248. The second-order valence-electron chi connectivity index (χ2n) is 5.39. The summed E-state index contributed by atoms with van der Waals surface area (Å²) in [6.07, 6.45) is 3.61.